The number of benzene rings is 3. The van der Waals surface area contributed by atoms with E-state index in [0.717, 1.165) is 22.4 Å². The first kappa shape index (κ1) is 18.4. The molecule has 0 saturated heterocycles. The molecule has 0 bridgehead atoms. The zero-order valence-electron chi connectivity index (χ0n) is 15.4. The molecule has 0 aliphatic rings. The smallest absolute Gasteiger partial charge is 0.252 e. The van der Waals surface area contributed by atoms with Crippen LogP contribution in [0.2, 0.25) is 0 Å². The maximum Gasteiger partial charge on any atom is 0.252 e. The minimum absolute atomic E-state index is 0.282. The van der Waals surface area contributed by atoms with Gasteiger partial charge in [0.15, 0.2) is 0 Å². The van der Waals surface area contributed by atoms with Gasteiger partial charge >= 0.3 is 0 Å². The lowest BCUT2D eigenvalue weighted by Gasteiger charge is -2.20. The molecule has 0 aromatic heterocycles. The van der Waals surface area contributed by atoms with Gasteiger partial charge in [0.25, 0.3) is 11.8 Å². The Morgan fingerprint density at radius 3 is 2.07 bits per heavy atom. The van der Waals surface area contributed by atoms with Gasteiger partial charge in [0, 0.05) is 11.3 Å². The lowest BCUT2D eigenvalue weighted by molar-refractivity contribution is -0.118. The number of hydrogen-bond donors (Lipinski definition) is 2. The fourth-order valence-electron chi connectivity index (χ4n) is 2.78. The first-order valence-electron chi connectivity index (χ1n) is 8.83. The Labute approximate surface area is 159 Å². The lowest BCUT2D eigenvalue weighted by Crippen LogP contribution is -2.37. The summed E-state index contributed by atoms with van der Waals surface area (Å²) in [5, 5.41) is 5.78. The summed E-state index contributed by atoms with van der Waals surface area (Å²) in [6.45, 7) is 3.89. The van der Waals surface area contributed by atoms with Crippen LogP contribution < -0.4 is 10.6 Å². The number of carbonyl (C=O) groups excluding carboxylic acids is 2. The number of para-hydroxylation sites is 1. The molecule has 3 rings (SSSR count). The number of amides is 2. The summed E-state index contributed by atoms with van der Waals surface area (Å²) in [5.74, 6) is -0.570. The van der Waals surface area contributed by atoms with Gasteiger partial charge in [0.2, 0.25) is 0 Å². The van der Waals surface area contributed by atoms with Crippen molar-refractivity contribution in [3.8, 4) is 0 Å². The van der Waals surface area contributed by atoms with E-state index in [1.54, 1.807) is 12.1 Å². The van der Waals surface area contributed by atoms with E-state index in [9.17, 15) is 9.59 Å². The Morgan fingerprint density at radius 2 is 1.41 bits per heavy atom. The third kappa shape index (κ3) is 4.61. The van der Waals surface area contributed by atoms with E-state index in [2.05, 4.69) is 10.6 Å². The van der Waals surface area contributed by atoms with Crippen molar-refractivity contribution in [2.45, 2.75) is 19.9 Å². The summed E-state index contributed by atoms with van der Waals surface area (Å²) >= 11 is 0. The average molecular weight is 358 g/mol. The van der Waals surface area contributed by atoms with Crippen molar-refractivity contribution in [2.24, 2.45) is 0 Å². The topological polar surface area (TPSA) is 58.2 Å². The highest BCUT2D eigenvalue weighted by molar-refractivity contribution is 6.01. The molecule has 0 spiro atoms. The molecule has 3 aromatic carbocycles. The van der Waals surface area contributed by atoms with Crippen molar-refractivity contribution in [1.29, 1.82) is 0 Å². The predicted molar refractivity (Wildman–Crippen MR) is 108 cm³/mol. The molecule has 1 atom stereocenters. The fraction of sp³-hybridized carbons (Fsp3) is 0.130. The van der Waals surface area contributed by atoms with Gasteiger partial charge in [-0.2, -0.15) is 0 Å². The summed E-state index contributed by atoms with van der Waals surface area (Å²) in [6.07, 6.45) is 0. The van der Waals surface area contributed by atoms with Crippen LogP contribution in [0.4, 0.5) is 5.69 Å². The van der Waals surface area contributed by atoms with Crippen LogP contribution in [0.5, 0.6) is 0 Å². The Balaban J connectivity index is 1.85. The van der Waals surface area contributed by atoms with E-state index in [-0.39, 0.29) is 11.8 Å². The molecule has 0 aliphatic carbocycles. The Kier molecular flexibility index (Phi) is 5.67. The number of nitrogens with one attached hydrogen (secondary N) is 2. The third-order valence-electron chi connectivity index (χ3n) is 4.39. The van der Waals surface area contributed by atoms with Gasteiger partial charge in [-0.1, -0.05) is 66.2 Å². The second-order valence-electron chi connectivity index (χ2n) is 6.49. The molecule has 0 fully saturated rings. The van der Waals surface area contributed by atoms with Gasteiger partial charge < -0.3 is 10.6 Å². The first-order chi connectivity index (χ1) is 13.0. The van der Waals surface area contributed by atoms with E-state index in [4.69, 9.17) is 0 Å². The predicted octanol–water partition coefficient (Wildman–Crippen LogP) is 4.41. The number of hydrogen-bond acceptors (Lipinski definition) is 2. The van der Waals surface area contributed by atoms with Gasteiger partial charge in [-0.05, 0) is 43.2 Å². The number of rotatable bonds is 5. The fourth-order valence-corrected chi connectivity index (χ4v) is 2.78. The molecule has 0 heterocycles. The molecule has 136 valence electrons. The summed E-state index contributed by atoms with van der Waals surface area (Å²) in [4.78, 5) is 25.6. The van der Waals surface area contributed by atoms with Crippen LogP contribution in [0.25, 0.3) is 0 Å². The molecular weight excluding hydrogens is 336 g/mol. The zero-order valence-corrected chi connectivity index (χ0v) is 15.4. The van der Waals surface area contributed by atoms with Gasteiger partial charge in [0.05, 0.1) is 0 Å². The van der Waals surface area contributed by atoms with Crippen LogP contribution in [-0.4, -0.2) is 11.8 Å². The molecule has 2 amide bonds. The quantitative estimate of drug-likeness (QED) is 0.710. The second-order valence-corrected chi connectivity index (χ2v) is 6.49. The van der Waals surface area contributed by atoms with Crippen molar-refractivity contribution in [3.05, 3.63) is 101 Å². The van der Waals surface area contributed by atoms with E-state index in [1.807, 2.05) is 80.6 Å². The monoisotopic (exact) mass is 358 g/mol. The van der Waals surface area contributed by atoms with Gasteiger partial charge in [-0.3, -0.25) is 9.59 Å². The Bertz CT molecular complexity index is 934. The van der Waals surface area contributed by atoms with Crippen molar-refractivity contribution in [1.82, 2.24) is 5.32 Å². The highest BCUT2D eigenvalue weighted by atomic mass is 16.2. The van der Waals surface area contributed by atoms with Crippen LogP contribution >= 0.6 is 0 Å². The molecular formula is C23H22N2O2. The van der Waals surface area contributed by atoms with Crippen LogP contribution in [0, 0.1) is 13.8 Å². The molecule has 0 aliphatic heterocycles. The van der Waals surface area contributed by atoms with Gasteiger partial charge in [-0.15, -0.1) is 0 Å². The van der Waals surface area contributed by atoms with E-state index >= 15 is 0 Å². The summed E-state index contributed by atoms with van der Waals surface area (Å²) in [6, 6.07) is 23.3. The highest BCUT2D eigenvalue weighted by Gasteiger charge is 2.23. The third-order valence-corrected chi connectivity index (χ3v) is 4.39. The molecule has 0 saturated carbocycles. The molecule has 2 N–H and O–H groups in total. The van der Waals surface area contributed by atoms with Crippen LogP contribution in [0.1, 0.15) is 33.1 Å². The molecule has 27 heavy (non-hydrogen) atoms. The number of anilines is 1. The van der Waals surface area contributed by atoms with Gasteiger partial charge in [-0.25, -0.2) is 0 Å². The summed E-state index contributed by atoms with van der Waals surface area (Å²) in [5.41, 5.74) is 4.01. The Morgan fingerprint density at radius 1 is 0.778 bits per heavy atom. The minimum atomic E-state index is -0.792. The lowest BCUT2D eigenvalue weighted by atomic mass is 10.0. The SMILES string of the molecule is Cc1ccc(C(=O)N[C@H](C(=O)Nc2ccccc2C)c2ccccc2)cc1. The molecule has 4 nitrogen and oxygen atoms in total. The summed E-state index contributed by atoms with van der Waals surface area (Å²) < 4.78 is 0. The molecule has 0 unspecified atom stereocenters. The molecule has 0 radical (unpaired) electrons. The minimum Gasteiger partial charge on any atom is -0.336 e. The standard InChI is InChI=1S/C23H22N2O2/c1-16-12-14-19(15-13-16)22(26)25-21(18-9-4-3-5-10-18)23(27)24-20-11-7-6-8-17(20)2/h3-15,21H,1-2H3,(H,24,27)(H,25,26)/t21-/m0/s1. The van der Waals surface area contributed by atoms with Crippen molar-refractivity contribution in [3.63, 3.8) is 0 Å². The van der Waals surface area contributed by atoms with E-state index in [1.165, 1.54) is 0 Å². The summed E-state index contributed by atoms with van der Waals surface area (Å²) in [7, 11) is 0. The van der Waals surface area contributed by atoms with Crippen LogP contribution in [0.3, 0.4) is 0 Å². The van der Waals surface area contributed by atoms with Crippen molar-refractivity contribution < 1.29 is 9.59 Å². The van der Waals surface area contributed by atoms with Crippen molar-refractivity contribution in [2.75, 3.05) is 5.32 Å². The highest BCUT2D eigenvalue weighted by Crippen LogP contribution is 2.19. The maximum atomic E-state index is 13.0. The first-order valence-corrected chi connectivity index (χ1v) is 8.83. The number of carbonyl (C=O) groups is 2. The van der Waals surface area contributed by atoms with E-state index in [0.29, 0.717) is 5.56 Å². The molecule has 4 heteroatoms. The number of aryl methyl sites for hydroxylation is 2. The maximum absolute atomic E-state index is 13.0. The average Bonchev–Trinajstić information content (AvgIpc) is 2.69. The van der Waals surface area contributed by atoms with Crippen LogP contribution in [-0.2, 0) is 4.79 Å². The second kappa shape index (κ2) is 8.32. The largest absolute Gasteiger partial charge is 0.336 e. The van der Waals surface area contributed by atoms with Gasteiger partial charge in [0.1, 0.15) is 6.04 Å². The molecule has 3 aromatic rings. The van der Waals surface area contributed by atoms with Crippen LogP contribution in [0.15, 0.2) is 78.9 Å². The normalized spacial score (nSPS) is 11.5. The van der Waals surface area contributed by atoms with E-state index < -0.39 is 6.04 Å². The zero-order chi connectivity index (χ0) is 19.2. The van der Waals surface area contributed by atoms with Crippen molar-refractivity contribution >= 4 is 17.5 Å². The Hall–Kier alpha value is -3.40.